The maximum Gasteiger partial charge on any atom is 0.407 e. The number of hydrogen-bond donors (Lipinski definition) is 1. The molecule has 0 radical (unpaired) electrons. The van der Waals surface area contributed by atoms with Crippen LogP contribution in [-0.4, -0.2) is 41.8 Å². The number of carbonyl (C=O) groups excluding carboxylic acids is 1. The predicted molar refractivity (Wildman–Crippen MR) is 121 cm³/mol. The molecule has 4 rings (SSSR count). The average molecular weight is 442 g/mol. The van der Waals surface area contributed by atoms with Crippen LogP contribution >= 0.6 is 11.3 Å². The molecule has 0 aliphatic heterocycles. The Kier molecular flexibility index (Phi) is 6.11. The molecule has 3 aromatic rings. The smallest absolute Gasteiger partial charge is 0.407 e. The first-order valence-corrected chi connectivity index (χ1v) is 11.1. The molecule has 1 amide bonds. The molecular weight excluding hydrogens is 414 g/mol. The minimum absolute atomic E-state index is 0.0362. The van der Waals surface area contributed by atoms with Crippen LogP contribution in [-0.2, 0) is 22.3 Å². The van der Waals surface area contributed by atoms with Crippen LogP contribution in [0.5, 0.6) is 5.75 Å². The van der Waals surface area contributed by atoms with Crippen molar-refractivity contribution in [1.82, 2.24) is 15.5 Å². The standard InChI is InChI=1S/C23H27N3O4S/c1-23(2,3)30-22(27)24-14-9-10-20-16(11-14)17-12-18(25-26-21(17)31-20)15-7-5-6-8-19(15)29-13-28-4/h5-8,12,14H,9-11,13H2,1-4H3,(H,24,27)/t14-/m1/s1. The van der Waals surface area contributed by atoms with E-state index in [-0.39, 0.29) is 18.9 Å². The molecule has 1 N–H and O–H groups in total. The van der Waals surface area contributed by atoms with Crippen LogP contribution in [0.1, 0.15) is 37.6 Å². The van der Waals surface area contributed by atoms with E-state index in [0.717, 1.165) is 40.7 Å². The van der Waals surface area contributed by atoms with Gasteiger partial charge in [0.1, 0.15) is 16.2 Å². The summed E-state index contributed by atoms with van der Waals surface area (Å²) in [5.74, 6) is 0.701. The molecule has 1 aliphatic rings. The first kappa shape index (κ1) is 21.5. The Bertz CT molecular complexity index is 1090. The number of amides is 1. The fraction of sp³-hybridized carbons (Fsp3) is 0.435. The van der Waals surface area contributed by atoms with Crippen LogP contribution in [0, 0.1) is 0 Å². The van der Waals surface area contributed by atoms with Crippen molar-refractivity contribution < 1.29 is 19.0 Å². The number of rotatable bonds is 5. The van der Waals surface area contributed by atoms with E-state index in [9.17, 15) is 4.79 Å². The quantitative estimate of drug-likeness (QED) is 0.577. The zero-order valence-corrected chi connectivity index (χ0v) is 19.0. The normalized spacial score (nSPS) is 16.1. The van der Waals surface area contributed by atoms with Gasteiger partial charge in [-0.1, -0.05) is 12.1 Å². The maximum absolute atomic E-state index is 12.2. The molecule has 2 aromatic heterocycles. The molecule has 164 valence electrons. The third kappa shape index (κ3) is 4.97. The van der Waals surface area contributed by atoms with E-state index in [1.807, 2.05) is 45.0 Å². The summed E-state index contributed by atoms with van der Waals surface area (Å²) in [5.41, 5.74) is 2.34. The lowest BCUT2D eigenvalue weighted by molar-refractivity contribution is 0.0499. The molecule has 0 fully saturated rings. The highest BCUT2D eigenvalue weighted by Crippen LogP contribution is 2.38. The van der Waals surface area contributed by atoms with Gasteiger partial charge in [0.2, 0.25) is 0 Å². The Hall–Kier alpha value is -2.71. The van der Waals surface area contributed by atoms with Gasteiger partial charge in [-0.05, 0) is 63.8 Å². The van der Waals surface area contributed by atoms with Crippen molar-refractivity contribution in [2.45, 2.75) is 51.7 Å². The SMILES string of the molecule is COCOc1ccccc1-c1cc2c3c(sc2nn1)CC[C@@H](NC(=O)OC(C)(C)C)C3. The molecule has 1 aliphatic carbocycles. The van der Waals surface area contributed by atoms with Crippen molar-refractivity contribution in [2.24, 2.45) is 0 Å². The third-order valence-corrected chi connectivity index (χ3v) is 6.22. The second-order valence-electron chi connectivity index (χ2n) is 8.59. The highest BCUT2D eigenvalue weighted by atomic mass is 32.1. The van der Waals surface area contributed by atoms with E-state index < -0.39 is 5.60 Å². The number of alkyl carbamates (subject to hydrolysis) is 1. The van der Waals surface area contributed by atoms with Crippen molar-refractivity contribution in [3.63, 3.8) is 0 Å². The Balaban J connectivity index is 1.61. The molecule has 0 saturated carbocycles. The molecule has 31 heavy (non-hydrogen) atoms. The largest absolute Gasteiger partial charge is 0.467 e. The summed E-state index contributed by atoms with van der Waals surface area (Å²) < 4.78 is 16.2. The zero-order valence-electron chi connectivity index (χ0n) is 18.2. The van der Waals surface area contributed by atoms with Gasteiger partial charge in [0.15, 0.2) is 6.79 Å². The van der Waals surface area contributed by atoms with E-state index in [0.29, 0.717) is 5.75 Å². The van der Waals surface area contributed by atoms with Gasteiger partial charge in [0.25, 0.3) is 0 Å². The van der Waals surface area contributed by atoms with Gasteiger partial charge >= 0.3 is 6.09 Å². The first-order chi connectivity index (χ1) is 14.8. The number of benzene rings is 1. The Morgan fingerprint density at radius 2 is 2.06 bits per heavy atom. The minimum atomic E-state index is -0.512. The van der Waals surface area contributed by atoms with Gasteiger partial charge < -0.3 is 19.5 Å². The van der Waals surface area contributed by atoms with Crippen molar-refractivity contribution in [3.05, 3.63) is 40.8 Å². The minimum Gasteiger partial charge on any atom is -0.467 e. The number of para-hydroxylation sites is 1. The Labute approximate surface area is 185 Å². The van der Waals surface area contributed by atoms with Crippen LogP contribution in [0.25, 0.3) is 21.5 Å². The van der Waals surface area contributed by atoms with Crippen LogP contribution in [0.2, 0.25) is 0 Å². The molecule has 0 unspecified atom stereocenters. The lowest BCUT2D eigenvalue weighted by atomic mass is 9.92. The number of nitrogens with zero attached hydrogens (tertiary/aromatic N) is 2. The maximum atomic E-state index is 12.2. The van der Waals surface area contributed by atoms with Crippen molar-refractivity contribution in [1.29, 1.82) is 0 Å². The van der Waals surface area contributed by atoms with Crippen LogP contribution in [0.15, 0.2) is 30.3 Å². The number of fused-ring (bicyclic) bond motifs is 3. The molecule has 7 nitrogen and oxygen atoms in total. The van der Waals surface area contributed by atoms with Gasteiger partial charge in [-0.15, -0.1) is 21.5 Å². The second kappa shape index (κ2) is 8.80. The van der Waals surface area contributed by atoms with Crippen LogP contribution < -0.4 is 10.1 Å². The lowest BCUT2D eigenvalue weighted by Gasteiger charge is -2.26. The molecule has 0 spiro atoms. The average Bonchev–Trinajstić information content (AvgIpc) is 3.08. The van der Waals surface area contributed by atoms with Crippen LogP contribution in [0.4, 0.5) is 4.79 Å². The van der Waals surface area contributed by atoms with Gasteiger partial charge in [0, 0.05) is 29.0 Å². The number of methoxy groups -OCH3 is 1. The van der Waals surface area contributed by atoms with E-state index in [2.05, 4.69) is 21.6 Å². The first-order valence-electron chi connectivity index (χ1n) is 10.3. The summed E-state index contributed by atoms with van der Waals surface area (Å²) in [7, 11) is 1.59. The summed E-state index contributed by atoms with van der Waals surface area (Å²) in [5, 5.41) is 13.0. The molecular formula is C23H27N3O4S. The summed E-state index contributed by atoms with van der Waals surface area (Å²) in [6.45, 7) is 5.77. The molecule has 0 saturated heterocycles. The molecule has 8 heteroatoms. The molecule has 2 heterocycles. The van der Waals surface area contributed by atoms with Crippen molar-refractivity contribution >= 4 is 27.6 Å². The fourth-order valence-electron chi connectivity index (χ4n) is 3.74. The third-order valence-electron chi connectivity index (χ3n) is 5.03. The summed E-state index contributed by atoms with van der Waals surface area (Å²) >= 11 is 1.68. The van der Waals surface area contributed by atoms with Gasteiger partial charge in [-0.2, -0.15) is 0 Å². The Morgan fingerprint density at radius 1 is 1.26 bits per heavy atom. The van der Waals surface area contributed by atoms with Crippen molar-refractivity contribution in [3.8, 4) is 17.0 Å². The molecule has 1 aromatic carbocycles. The van der Waals surface area contributed by atoms with E-state index in [4.69, 9.17) is 14.2 Å². The van der Waals surface area contributed by atoms with Gasteiger partial charge in [-0.3, -0.25) is 0 Å². The number of aryl methyl sites for hydroxylation is 1. The number of hydrogen-bond acceptors (Lipinski definition) is 7. The number of nitrogens with one attached hydrogen (secondary N) is 1. The Morgan fingerprint density at radius 3 is 2.84 bits per heavy atom. The summed E-state index contributed by atoms with van der Waals surface area (Å²) in [4.78, 5) is 14.5. The predicted octanol–water partition coefficient (Wildman–Crippen LogP) is 4.72. The van der Waals surface area contributed by atoms with E-state index >= 15 is 0 Å². The number of ether oxygens (including phenoxy) is 3. The number of carbonyl (C=O) groups is 1. The van der Waals surface area contributed by atoms with Gasteiger partial charge in [0.05, 0.1) is 5.69 Å². The van der Waals surface area contributed by atoms with Gasteiger partial charge in [-0.25, -0.2) is 4.79 Å². The number of aromatic nitrogens is 2. The van der Waals surface area contributed by atoms with E-state index in [1.54, 1.807) is 18.4 Å². The monoisotopic (exact) mass is 441 g/mol. The molecule has 1 atom stereocenters. The zero-order chi connectivity index (χ0) is 22.0. The fourth-order valence-corrected chi connectivity index (χ4v) is 4.88. The highest BCUT2D eigenvalue weighted by Gasteiger charge is 2.27. The van der Waals surface area contributed by atoms with Crippen LogP contribution in [0.3, 0.4) is 0 Å². The number of thiophene rings is 1. The topological polar surface area (TPSA) is 82.6 Å². The highest BCUT2D eigenvalue weighted by molar-refractivity contribution is 7.18. The van der Waals surface area contributed by atoms with Crippen molar-refractivity contribution in [2.75, 3.05) is 13.9 Å². The summed E-state index contributed by atoms with van der Waals surface area (Å²) in [6, 6.07) is 9.83. The summed E-state index contributed by atoms with van der Waals surface area (Å²) in [6.07, 6.45) is 2.17. The lowest BCUT2D eigenvalue weighted by Crippen LogP contribution is -2.41. The molecule has 0 bridgehead atoms. The second-order valence-corrected chi connectivity index (χ2v) is 9.67. The van der Waals surface area contributed by atoms with E-state index in [1.165, 1.54) is 10.4 Å².